The Morgan fingerprint density at radius 3 is 1.16 bits per heavy atom. The van der Waals surface area contributed by atoms with Crippen LogP contribution in [0.4, 0.5) is 23.4 Å². The predicted molar refractivity (Wildman–Crippen MR) is 518 cm³/mol. The lowest BCUT2D eigenvalue weighted by Crippen LogP contribution is -2.49. The zero-order chi connectivity index (χ0) is 103. The predicted octanol–water partition coefficient (Wildman–Crippen LogP) is 18.3. The normalized spacial score (nSPS) is 34.3. The van der Waals surface area contributed by atoms with E-state index in [9.17, 15) is 55.9 Å². The van der Waals surface area contributed by atoms with E-state index in [1.165, 1.54) is 32.4 Å². The lowest BCUT2D eigenvalue weighted by molar-refractivity contribution is -0.143. The quantitative estimate of drug-likeness (QED) is 0.0397. The second-order valence-corrected chi connectivity index (χ2v) is 44.0. The number of hydrogen-bond donors (Lipinski definition) is 1. The van der Waals surface area contributed by atoms with Crippen molar-refractivity contribution in [3.63, 3.8) is 0 Å². The number of halogens is 4. The standard InChI is InChI=1S/C22H28N2O4.C19H21NO5.C18H18F3NO3.C18H20FNO3.C18H21NO4.C18H21NO3/c1-13-9-15-6-7-17-22(15,16(10-13)19(25)28-17)27-12-14-5-8-18(23-11-14)24-20(26)21(2,3)4;1-11-8-12-6-7-16-19(12,14(9-11)17(21)25-16)24-10-13-4-3-5-15(20-13)18(22)23-2;1-10-6-12-3-5-15-17(12,13(7-10)16(23)25-15)24-9-11-2-4-14(22-8-11)18(19,20)21;1-11-3-4-12(9-20-11)10-22-18-13-5-6-15(18)23-16(21)14(18)8-17(2,19)7-13;1-11-8-13-5-6-15-18(13,14(9-11)17(20)23-15)22-10-12-4-3-7-19-16(12)21-2;1-11-8-14-5-6-16-18(14,15(9-11)17(20)22-16)21-10-13-4-3-7-19-12(13)2/h5,8,10-11,13,15,17H,6-7,9,12H2,1-4H3,(H,23,24,26);3-5,9,11-12,16H,6-8,10H2,1-2H3;2,4,7-8,10,12,15H,3,5-6,9H2,1H3;3-4,8-9,13,15H,5-7,10H2,1-2H3;3-4,7,9,11,13,15H,5-6,8,10H2,1-2H3;3-4,7,9,11,14,16H,5-6,8,10H2,1-2H3/t13-,15?,17+,22-;11-,12?,16+,19-;10-,12?,15+,17-;13?,15-,17+,18+;11-,13?,15+,18-;11-,14?,16+,18-/m000100/s1. The highest BCUT2D eigenvalue weighted by Gasteiger charge is 2.71. The number of aromatic nitrogens is 6. The Morgan fingerprint density at radius 2 is 0.788 bits per heavy atom. The molecule has 6 aromatic heterocycles. The monoisotopic (exact) mass is 2010 g/mol. The molecular formula is C113H129F4N7O22. The van der Waals surface area contributed by atoms with Crippen molar-refractivity contribution in [1.82, 2.24) is 29.9 Å². The number of esters is 7. The maximum Gasteiger partial charge on any atom is 0.433 e. The number of alkyl halides is 4. The first-order valence-corrected chi connectivity index (χ1v) is 51.5. The molecule has 146 heavy (non-hydrogen) atoms. The second kappa shape index (κ2) is 40.5. The zero-order valence-corrected chi connectivity index (χ0v) is 84.8. The molecule has 6 aromatic rings. The number of carbonyl (C=O) groups excluding carboxylic acids is 8. The molecule has 776 valence electrons. The molecule has 0 bridgehead atoms. The first kappa shape index (κ1) is 103. The summed E-state index contributed by atoms with van der Waals surface area (Å²) in [6.45, 7) is 23.5. The van der Waals surface area contributed by atoms with Crippen LogP contribution in [-0.2, 0) is 141 Å². The average molecular weight is 2010 g/mol. The van der Waals surface area contributed by atoms with Crippen molar-refractivity contribution in [3.8, 4) is 5.88 Å². The smallest absolute Gasteiger partial charge is 0.433 e. The highest BCUT2D eigenvalue weighted by atomic mass is 19.4. The number of nitrogens with one attached hydrogen (secondary N) is 1. The number of allylic oxidation sites excluding steroid dienone is 6. The van der Waals surface area contributed by atoms with Crippen molar-refractivity contribution in [2.45, 2.75) is 313 Å². The third-order valence-electron chi connectivity index (χ3n) is 33.2. The van der Waals surface area contributed by atoms with Crippen LogP contribution in [0.1, 0.15) is 239 Å². The van der Waals surface area contributed by atoms with Crippen molar-refractivity contribution in [1.29, 1.82) is 0 Å². The van der Waals surface area contributed by atoms with Crippen LogP contribution in [0.25, 0.3) is 0 Å². The number of anilines is 1. The van der Waals surface area contributed by atoms with Gasteiger partial charge in [0.25, 0.3) is 0 Å². The summed E-state index contributed by atoms with van der Waals surface area (Å²) in [7, 11) is 2.93. The van der Waals surface area contributed by atoms with Crippen LogP contribution in [0, 0.1) is 84.4 Å². The van der Waals surface area contributed by atoms with Gasteiger partial charge in [0, 0.05) is 53.4 Å². The molecule has 6 unspecified atom stereocenters. The first-order valence-electron chi connectivity index (χ1n) is 51.5. The molecule has 24 atom stereocenters. The first-order chi connectivity index (χ1) is 69.7. The minimum Gasteiger partial charge on any atom is -0.481 e. The van der Waals surface area contributed by atoms with E-state index in [-0.39, 0.29) is 115 Å². The van der Waals surface area contributed by atoms with E-state index in [0.29, 0.717) is 120 Å². The van der Waals surface area contributed by atoms with Crippen LogP contribution in [0.3, 0.4) is 0 Å². The zero-order valence-electron chi connectivity index (χ0n) is 84.8. The Bertz CT molecular complexity index is 6240. The minimum absolute atomic E-state index is 0.0210. The van der Waals surface area contributed by atoms with E-state index in [4.69, 9.17) is 66.3 Å². The van der Waals surface area contributed by atoms with Gasteiger partial charge in [0.2, 0.25) is 11.8 Å². The summed E-state index contributed by atoms with van der Waals surface area (Å²) in [5.41, 5.74) is 4.19. The summed E-state index contributed by atoms with van der Waals surface area (Å²) in [4.78, 5) is 122. The molecule has 6 saturated carbocycles. The van der Waals surface area contributed by atoms with Gasteiger partial charge in [-0.3, -0.25) is 19.7 Å². The largest absolute Gasteiger partial charge is 0.481 e. The Morgan fingerprint density at radius 1 is 0.418 bits per heavy atom. The third kappa shape index (κ3) is 19.0. The van der Waals surface area contributed by atoms with Gasteiger partial charge in [0.1, 0.15) is 93.1 Å². The fourth-order valence-electron chi connectivity index (χ4n) is 26.6. The van der Waals surface area contributed by atoms with Crippen molar-refractivity contribution >= 4 is 53.5 Å². The lowest BCUT2D eigenvalue weighted by atomic mass is 9.72. The van der Waals surface area contributed by atoms with Gasteiger partial charge in [-0.15, -0.1) is 0 Å². The summed E-state index contributed by atoms with van der Waals surface area (Å²) < 4.78 is 134. The molecule has 1 N–H and O–H groups in total. The summed E-state index contributed by atoms with van der Waals surface area (Å²) in [5.74, 6) is 2.24. The number of aryl methyl sites for hydroxylation is 2. The topological polar surface area (TPSA) is 355 Å². The Labute approximate surface area is 846 Å². The van der Waals surface area contributed by atoms with Gasteiger partial charge in [-0.05, 0) is 278 Å². The number of nitrogens with zero attached hydrogens (tertiary/aromatic N) is 6. The average Bonchev–Trinajstić information content (AvgIpc) is 1.27. The molecule has 6 aliphatic heterocycles. The molecular weight excluding hydrogens is 1880 g/mol. The van der Waals surface area contributed by atoms with E-state index in [1.54, 1.807) is 56.2 Å². The number of hydrogen-bond acceptors (Lipinski definition) is 28. The van der Waals surface area contributed by atoms with Crippen LogP contribution in [-0.4, -0.2) is 168 Å². The molecule has 33 heteroatoms. The fourth-order valence-corrected chi connectivity index (χ4v) is 26.6. The van der Waals surface area contributed by atoms with Crippen molar-refractivity contribution in [2.75, 3.05) is 19.5 Å². The van der Waals surface area contributed by atoms with Gasteiger partial charge < -0.3 is 71.6 Å². The van der Waals surface area contributed by atoms with Gasteiger partial charge in [-0.2, -0.15) is 13.2 Å². The van der Waals surface area contributed by atoms with E-state index in [2.05, 4.69) is 75.9 Å². The summed E-state index contributed by atoms with van der Waals surface area (Å²) in [6.07, 6.45) is 30.2. The van der Waals surface area contributed by atoms with Gasteiger partial charge in [0.15, 0.2) is 0 Å². The molecule has 0 radical (unpaired) electrons. The molecule has 6 saturated heterocycles. The Kier molecular flexibility index (Phi) is 28.5. The van der Waals surface area contributed by atoms with Gasteiger partial charge >= 0.3 is 48.0 Å². The molecule has 12 aliphatic carbocycles. The minimum atomic E-state index is -4.46. The van der Waals surface area contributed by atoms with E-state index in [1.807, 2.05) is 101 Å². The lowest BCUT2D eigenvalue weighted by Gasteiger charge is -2.40. The van der Waals surface area contributed by atoms with Crippen LogP contribution < -0.4 is 10.1 Å². The molecule has 18 aliphatic rings. The highest BCUT2D eigenvalue weighted by Crippen LogP contribution is 2.63. The van der Waals surface area contributed by atoms with Crippen LogP contribution in [0.2, 0.25) is 0 Å². The number of ether oxygens (including phenoxy) is 14. The maximum absolute atomic E-state index is 14.6. The third-order valence-corrected chi connectivity index (χ3v) is 33.2. The van der Waals surface area contributed by atoms with E-state index in [0.717, 1.165) is 160 Å². The van der Waals surface area contributed by atoms with Crippen LogP contribution >= 0.6 is 0 Å². The maximum atomic E-state index is 14.6. The summed E-state index contributed by atoms with van der Waals surface area (Å²) >= 11 is 0. The fraction of sp³-hybridized carbons (Fsp3) is 0.558. The molecule has 1 amide bonds. The summed E-state index contributed by atoms with van der Waals surface area (Å²) in [6, 6.07) is 22.8. The number of carbonyl (C=O) groups is 8. The number of pyridine rings is 6. The molecule has 0 spiro atoms. The van der Waals surface area contributed by atoms with Crippen molar-refractivity contribution in [2.24, 2.45) is 70.5 Å². The SMILES string of the molecule is COC(=O)c1cccc(CO[C@]23C4=C[C@@H](C)CC2CC[C@H]3OC4=O)n1.COc1ncccc1CO[C@]12C3=C[C@@H](C)CC1CC[C@H]2OC3=O.C[C@@H]1C=C2C(=O)O[C@@H]3CCC(C1)[C@]23OCc1ccc(C(F)(F)F)nc1.C[C@@H]1C=C2C(=O)O[C@@H]3CCC(C1)[C@]23OCc1ccc(NC(=O)C(C)(C)C)nc1.Cc1ccc(CO[C@]23C4=C[C@@](C)(F)CC2CC[C@H]3OC4=O)cn1.Cc1ncccc1CO[C@]12C3=C[C@@H](C)CC1CC[C@H]2OC3=O. The van der Waals surface area contributed by atoms with Gasteiger partial charge in [-0.25, -0.2) is 52.9 Å². The molecule has 0 aromatic carbocycles. The van der Waals surface area contributed by atoms with Crippen LogP contribution in [0.15, 0.2) is 180 Å². The Hall–Kier alpha value is -11.6. The molecule has 29 nitrogen and oxygen atoms in total. The van der Waals surface area contributed by atoms with E-state index < -0.39 is 68.5 Å². The molecule has 24 rings (SSSR count). The highest BCUT2D eigenvalue weighted by molar-refractivity contribution is 5.98. The molecule has 12 heterocycles. The molecule has 12 fully saturated rings. The van der Waals surface area contributed by atoms with E-state index >= 15 is 0 Å². The van der Waals surface area contributed by atoms with Gasteiger partial charge in [0.05, 0.1) is 93.0 Å². The number of amides is 1. The van der Waals surface area contributed by atoms with Crippen molar-refractivity contribution in [3.05, 3.63) is 236 Å². The van der Waals surface area contributed by atoms with Crippen LogP contribution in [0.5, 0.6) is 5.88 Å². The number of rotatable bonds is 21. The number of methoxy groups -OCH3 is 2. The van der Waals surface area contributed by atoms with Crippen molar-refractivity contribution < 1.29 is 122 Å². The summed E-state index contributed by atoms with van der Waals surface area (Å²) in [5, 5.41) is 2.82. The van der Waals surface area contributed by atoms with Gasteiger partial charge in [-0.1, -0.05) is 116 Å². The Balaban J connectivity index is 0.000000111. The second-order valence-electron chi connectivity index (χ2n) is 44.0.